The molecule has 1 rings (SSSR count). The summed E-state index contributed by atoms with van der Waals surface area (Å²) in [6.07, 6.45) is 7.78. The maximum Gasteiger partial charge on any atom is 0.0169 e. The van der Waals surface area contributed by atoms with Crippen LogP contribution in [0, 0.1) is 0 Å². The number of rotatable bonds is 2. The molecule has 0 bridgehead atoms. The molecule has 1 nitrogen and oxygen atoms in total. The van der Waals surface area contributed by atoms with E-state index in [1.165, 1.54) is 25.7 Å². The first-order valence-electron chi connectivity index (χ1n) is 5.01. The van der Waals surface area contributed by atoms with E-state index in [0.29, 0.717) is 0 Å². The zero-order chi connectivity index (χ0) is 9.03. The molecule has 0 radical (unpaired) electrons. The van der Waals surface area contributed by atoms with Crippen LogP contribution >= 0.6 is 0 Å². The van der Waals surface area contributed by atoms with Gasteiger partial charge in [0.05, 0.1) is 0 Å². The fraction of sp³-hybridized carbons (Fsp3) is 0.818. The first kappa shape index (κ1) is 9.79. The van der Waals surface area contributed by atoms with Crippen LogP contribution < -0.4 is 5.32 Å². The van der Waals surface area contributed by atoms with E-state index in [1.54, 1.807) is 5.57 Å². The van der Waals surface area contributed by atoms with Gasteiger partial charge in [0, 0.05) is 12.1 Å². The largest absolute Gasteiger partial charge is 0.308 e. The average Bonchev–Trinajstić information content (AvgIpc) is 2.02. The minimum Gasteiger partial charge on any atom is -0.308 e. The number of allylic oxidation sites excluding steroid dienone is 1. The van der Waals surface area contributed by atoms with Crippen LogP contribution in [0.25, 0.3) is 0 Å². The first-order valence-corrected chi connectivity index (χ1v) is 5.01. The van der Waals surface area contributed by atoms with Gasteiger partial charge in [-0.15, -0.1) is 0 Å². The number of hydrogen-bond acceptors (Lipinski definition) is 1. The minimum absolute atomic E-state index is 0.262. The third-order valence-corrected chi connectivity index (χ3v) is 2.23. The van der Waals surface area contributed by atoms with Crippen molar-refractivity contribution in [1.29, 1.82) is 0 Å². The van der Waals surface area contributed by atoms with Crippen molar-refractivity contribution in [2.24, 2.45) is 0 Å². The van der Waals surface area contributed by atoms with Gasteiger partial charge in [-0.3, -0.25) is 0 Å². The summed E-state index contributed by atoms with van der Waals surface area (Å²) in [7, 11) is 0. The Morgan fingerprint density at radius 3 is 2.58 bits per heavy atom. The molecule has 0 aromatic heterocycles. The van der Waals surface area contributed by atoms with Crippen LogP contribution in [-0.2, 0) is 0 Å². The van der Waals surface area contributed by atoms with Crippen LogP contribution in [0.2, 0.25) is 0 Å². The van der Waals surface area contributed by atoms with Crippen molar-refractivity contribution < 1.29 is 0 Å². The van der Waals surface area contributed by atoms with Crippen LogP contribution in [-0.4, -0.2) is 12.1 Å². The Bertz CT molecular complexity index is 162. The summed E-state index contributed by atoms with van der Waals surface area (Å²) in [6.45, 7) is 7.74. The van der Waals surface area contributed by atoms with E-state index in [1.807, 2.05) is 0 Å². The smallest absolute Gasteiger partial charge is 0.0169 e. The molecule has 12 heavy (non-hydrogen) atoms. The van der Waals surface area contributed by atoms with Crippen molar-refractivity contribution in [2.45, 2.75) is 52.0 Å². The number of hydrogen-bond donors (Lipinski definition) is 1. The predicted octanol–water partition coefficient (Wildman–Crippen LogP) is 2.87. The van der Waals surface area contributed by atoms with E-state index in [4.69, 9.17) is 0 Å². The Balaban J connectivity index is 2.26. The van der Waals surface area contributed by atoms with E-state index in [-0.39, 0.29) is 5.54 Å². The van der Waals surface area contributed by atoms with E-state index in [2.05, 4.69) is 32.2 Å². The third kappa shape index (κ3) is 3.91. The molecule has 0 saturated carbocycles. The summed E-state index contributed by atoms with van der Waals surface area (Å²) >= 11 is 0. The molecule has 0 atom stereocenters. The van der Waals surface area contributed by atoms with Gasteiger partial charge in [-0.05, 0) is 46.5 Å². The average molecular weight is 167 g/mol. The molecule has 0 fully saturated rings. The van der Waals surface area contributed by atoms with Gasteiger partial charge in [0.2, 0.25) is 0 Å². The number of nitrogens with one attached hydrogen (secondary N) is 1. The van der Waals surface area contributed by atoms with Crippen LogP contribution in [0.1, 0.15) is 46.5 Å². The lowest BCUT2D eigenvalue weighted by Crippen LogP contribution is -2.37. The van der Waals surface area contributed by atoms with E-state index in [0.717, 1.165) is 6.54 Å². The van der Waals surface area contributed by atoms with E-state index < -0.39 is 0 Å². The van der Waals surface area contributed by atoms with E-state index >= 15 is 0 Å². The maximum absolute atomic E-state index is 3.52. The Labute approximate surface area is 76.2 Å². The zero-order valence-electron chi connectivity index (χ0n) is 8.61. The van der Waals surface area contributed by atoms with Crippen LogP contribution in [0.3, 0.4) is 0 Å². The van der Waals surface area contributed by atoms with Gasteiger partial charge in [0.25, 0.3) is 0 Å². The molecular formula is C11H21N. The molecule has 0 saturated heterocycles. The molecule has 0 spiro atoms. The van der Waals surface area contributed by atoms with E-state index in [9.17, 15) is 0 Å². The lowest BCUT2D eigenvalue weighted by Gasteiger charge is -2.23. The summed E-state index contributed by atoms with van der Waals surface area (Å²) in [5, 5.41) is 3.52. The predicted molar refractivity (Wildman–Crippen MR) is 54.3 cm³/mol. The molecule has 0 amide bonds. The zero-order valence-corrected chi connectivity index (χ0v) is 8.61. The summed E-state index contributed by atoms with van der Waals surface area (Å²) in [4.78, 5) is 0. The van der Waals surface area contributed by atoms with Crippen molar-refractivity contribution >= 4 is 0 Å². The molecule has 0 aromatic rings. The quantitative estimate of drug-likeness (QED) is 0.624. The summed E-state index contributed by atoms with van der Waals surface area (Å²) < 4.78 is 0. The summed E-state index contributed by atoms with van der Waals surface area (Å²) in [6, 6.07) is 0. The highest BCUT2D eigenvalue weighted by atomic mass is 14.9. The molecule has 0 aromatic carbocycles. The lowest BCUT2D eigenvalue weighted by molar-refractivity contribution is 0.438. The molecular weight excluding hydrogens is 146 g/mol. The SMILES string of the molecule is CC(C)(C)NCC1=CCCCC1. The molecule has 1 N–H and O–H groups in total. The van der Waals surface area contributed by atoms with Crippen LogP contribution in [0.5, 0.6) is 0 Å². The topological polar surface area (TPSA) is 12.0 Å². The van der Waals surface area contributed by atoms with Gasteiger partial charge < -0.3 is 5.32 Å². The van der Waals surface area contributed by atoms with Crippen LogP contribution in [0.15, 0.2) is 11.6 Å². The second-order valence-corrected chi connectivity index (χ2v) is 4.71. The first-order chi connectivity index (χ1) is 5.58. The molecule has 0 unspecified atom stereocenters. The van der Waals surface area contributed by atoms with Gasteiger partial charge in [0.15, 0.2) is 0 Å². The monoisotopic (exact) mass is 167 g/mol. The lowest BCUT2D eigenvalue weighted by atomic mass is 9.98. The second kappa shape index (κ2) is 4.08. The van der Waals surface area contributed by atoms with Crippen molar-refractivity contribution in [3.63, 3.8) is 0 Å². The molecule has 1 aliphatic rings. The van der Waals surface area contributed by atoms with Crippen molar-refractivity contribution in [3.05, 3.63) is 11.6 Å². The van der Waals surface area contributed by atoms with Gasteiger partial charge >= 0.3 is 0 Å². The van der Waals surface area contributed by atoms with Gasteiger partial charge in [0.1, 0.15) is 0 Å². The highest BCUT2D eigenvalue weighted by molar-refractivity contribution is 5.07. The molecule has 70 valence electrons. The molecule has 1 heteroatoms. The Morgan fingerprint density at radius 2 is 2.08 bits per heavy atom. The van der Waals surface area contributed by atoms with Gasteiger partial charge in [-0.1, -0.05) is 11.6 Å². The standard InChI is InChI=1S/C11H21N/c1-11(2,3)12-9-10-7-5-4-6-8-10/h7,12H,4-6,8-9H2,1-3H3. The molecule has 0 aliphatic heterocycles. The molecule has 0 heterocycles. The highest BCUT2D eigenvalue weighted by Gasteiger charge is 2.10. The Kier molecular flexibility index (Phi) is 3.33. The van der Waals surface area contributed by atoms with Gasteiger partial charge in [-0.25, -0.2) is 0 Å². The fourth-order valence-electron chi connectivity index (χ4n) is 1.44. The fourth-order valence-corrected chi connectivity index (χ4v) is 1.44. The van der Waals surface area contributed by atoms with Crippen molar-refractivity contribution in [3.8, 4) is 0 Å². The molecule has 1 aliphatic carbocycles. The normalized spacial score (nSPS) is 19.1. The van der Waals surface area contributed by atoms with Crippen LogP contribution in [0.4, 0.5) is 0 Å². The third-order valence-electron chi connectivity index (χ3n) is 2.23. The van der Waals surface area contributed by atoms with Gasteiger partial charge in [-0.2, -0.15) is 0 Å². The maximum atomic E-state index is 3.52. The second-order valence-electron chi connectivity index (χ2n) is 4.71. The minimum atomic E-state index is 0.262. The van der Waals surface area contributed by atoms with Crippen molar-refractivity contribution in [2.75, 3.05) is 6.54 Å². The Hall–Kier alpha value is -0.300. The van der Waals surface area contributed by atoms with Crippen molar-refractivity contribution in [1.82, 2.24) is 5.32 Å². The summed E-state index contributed by atoms with van der Waals surface area (Å²) in [5.74, 6) is 0. The highest BCUT2D eigenvalue weighted by Crippen LogP contribution is 2.16. The summed E-state index contributed by atoms with van der Waals surface area (Å²) in [5.41, 5.74) is 1.87. The Morgan fingerprint density at radius 1 is 1.33 bits per heavy atom.